The van der Waals surface area contributed by atoms with Crippen molar-refractivity contribution < 1.29 is 23.5 Å². The summed E-state index contributed by atoms with van der Waals surface area (Å²) in [6.45, 7) is 0.0289. The summed E-state index contributed by atoms with van der Waals surface area (Å²) in [5.41, 5.74) is 0.347. The Hall–Kier alpha value is -2.74. The molecule has 0 spiro atoms. The van der Waals surface area contributed by atoms with Crippen LogP contribution in [0.25, 0.3) is 0 Å². The summed E-state index contributed by atoms with van der Waals surface area (Å²) < 4.78 is 10.5. The van der Waals surface area contributed by atoms with Crippen LogP contribution in [-0.4, -0.2) is 48.1 Å². The molecule has 1 aliphatic carbocycles. The van der Waals surface area contributed by atoms with Gasteiger partial charge in [-0.15, -0.1) is 11.8 Å². The molecule has 8 heteroatoms. The van der Waals surface area contributed by atoms with E-state index in [0.717, 1.165) is 25.7 Å². The Labute approximate surface area is 186 Å². The number of thioether (sulfide) groups is 1. The number of ether oxygens (including phenoxy) is 1. The molecule has 1 fully saturated rings. The van der Waals surface area contributed by atoms with E-state index in [1.54, 1.807) is 54.6 Å². The second-order valence-electron chi connectivity index (χ2n) is 7.51. The molecule has 1 aromatic carbocycles. The van der Waals surface area contributed by atoms with Gasteiger partial charge in [0.25, 0.3) is 5.91 Å². The lowest BCUT2D eigenvalue weighted by molar-refractivity contribution is -0.135. The number of likely N-dealkylation sites (N-methyl/N-ethyl adjacent to an activating group) is 1. The minimum Gasteiger partial charge on any atom is -0.467 e. The zero-order valence-corrected chi connectivity index (χ0v) is 18.5. The Morgan fingerprint density at radius 2 is 1.90 bits per heavy atom. The van der Waals surface area contributed by atoms with E-state index < -0.39 is 5.97 Å². The number of hydrogen-bond acceptors (Lipinski definition) is 6. The number of furan rings is 1. The van der Waals surface area contributed by atoms with E-state index in [9.17, 15) is 14.4 Å². The maximum absolute atomic E-state index is 12.6. The van der Waals surface area contributed by atoms with E-state index in [0.29, 0.717) is 22.8 Å². The van der Waals surface area contributed by atoms with Crippen molar-refractivity contribution in [2.75, 3.05) is 19.4 Å². The number of nitrogens with one attached hydrogen (secondary N) is 1. The third-order valence-corrected chi connectivity index (χ3v) is 6.42. The van der Waals surface area contributed by atoms with Crippen molar-refractivity contribution in [3.8, 4) is 0 Å². The second-order valence-corrected chi connectivity index (χ2v) is 8.53. The van der Waals surface area contributed by atoms with Crippen LogP contribution in [0.15, 0.2) is 52.0 Å². The van der Waals surface area contributed by atoms with Crippen molar-refractivity contribution in [1.82, 2.24) is 10.2 Å². The van der Waals surface area contributed by atoms with Gasteiger partial charge in [0.15, 0.2) is 6.61 Å². The van der Waals surface area contributed by atoms with E-state index in [4.69, 9.17) is 9.15 Å². The molecule has 3 rings (SSSR count). The molecule has 0 saturated heterocycles. The first kappa shape index (κ1) is 22.9. The normalized spacial score (nSPS) is 14.1. The molecule has 1 N–H and O–H groups in total. The predicted molar refractivity (Wildman–Crippen MR) is 118 cm³/mol. The predicted octanol–water partition coefficient (Wildman–Crippen LogP) is 3.64. The Morgan fingerprint density at radius 1 is 1.13 bits per heavy atom. The van der Waals surface area contributed by atoms with Crippen LogP contribution in [0.4, 0.5) is 0 Å². The van der Waals surface area contributed by atoms with E-state index in [2.05, 4.69) is 5.32 Å². The maximum Gasteiger partial charge on any atom is 0.339 e. The van der Waals surface area contributed by atoms with Gasteiger partial charge in [-0.25, -0.2) is 4.79 Å². The van der Waals surface area contributed by atoms with Crippen LogP contribution in [-0.2, 0) is 20.9 Å². The molecule has 1 aliphatic rings. The van der Waals surface area contributed by atoms with Crippen LogP contribution in [0, 0.1) is 0 Å². The molecule has 1 heterocycles. The van der Waals surface area contributed by atoms with E-state index in [1.807, 2.05) is 0 Å². The zero-order chi connectivity index (χ0) is 22.1. The highest BCUT2D eigenvalue weighted by atomic mass is 32.2. The Kier molecular flexibility index (Phi) is 8.58. The molecule has 0 bridgehead atoms. The molecule has 1 aromatic heterocycles. The SMILES string of the molecule is CN(C(=O)COC(=O)c1ccccc1SCC(=O)NCc1ccco1)C1CCCCC1. The van der Waals surface area contributed by atoms with Crippen LogP contribution in [0.3, 0.4) is 0 Å². The van der Waals surface area contributed by atoms with Gasteiger partial charge in [-0.2, -0.15) is 0 Å². The van der Waals surface area contributed by atoms with Gasteiger partial charge in [-0.3, -0.25) is 9.59 Å². The van der Waals surface area contributed by atoms with Gasteiger partial charge in [0.2, 0.25) is 5.91 Å². The number of rotatable bonds is 9. The highest BCUT2D eigenvalue weighted by Gasteiger charge is 2.23. The molecular weight excluding hydrogens is 416 g/mol. The van der Waals surface area contributed by atoms with Gasteiger partial charge < -0.3 is 19.4 Å². The van der Waals surface area contributed by atoms with Crippen molar-refractivity contribution in [3.05, 3.63) is 54.0 Å². The average molecular weight is 445 g/mol. The number of carbonyl (C=O) groups excluding carboxylic acids is 3. The number of benzene rings is 1. The number of carbonyl (C=O) groups is 3. The quantitative estimate of drug-likeness (QED) is 0.469. The fourth-order valence-corrected chi connectivity index (χ4v) is 4.40. The second kappa shape index (κ2) is 11.6. The highest BCUT2D eigenvalue weighted by Crippen LogP contribution is 2.24. The summed E-state index contributed by atoms with van der Waals surface area (Å²) in [5.74, 6) is -0.111. The van der Waals surface area contributed by atoms with Crippen molar-refractivity contribution in [3.63, 3.8) is 0 Å². The van der Waals surface area contributed by atoms with Crippen molar-refractivity contribution in [1.29, 1.82) is 0 Å². The molecule has 0 aliphatic heterocycles. The minimum absolute atomic E-state index is 0.147. The lowest BCUT2D eigenvalue weighted by Crippen LogP contribution is -2.40. The fraction of sp³-hybridized carbons (Fsp3) is 0.435. The molecule has 0 radical (unpaired) electrons. The number of hydrogen-bond donors (Lipinski definition) is 1. The summed E-state index contributed by atoms with van der Waals surface area (Å²) in [5, 5.41) is 2.77. The summed E-state index contributed by atoms with van der Waals surface area (Å²) in [7, 11) is 1.78. The summed E-state index contributed by atoms with van der Waals surface area (Å²) in [6.07, 6.45) is 7.01. The lowest BCUT2D eigenvalue weighted by atomic mass is 9.94. The summed E-state index contributed by atoms with van der Waals surface area (Å²) in [4.78, 5) is 39.4. The van der Waals surface area contributed by atoms with Gasteiger partial charge in [0, 0.05) is 18.0 Å². The van der Waals surface area contributed by atoms with Crippen LogP contribution >= 0.6 is 11.8 Å². The van der Waals surface area contributed by atoms with Crippen LogP contribution in [0.1, 0.15) is 48.2 Å². The standard InChI is InChI=1S/C23H28N2O5S/c1-25(17-8-3-2-4-9-17)22(27)15-30-23(28)19-11-5-6-12-20(19)31-16-21(26)24-14-18-10-7-13-29-18/h5-7,10-13,17H,2-4,8-9,14-16H2,1H3,(H,24,26). The molecule has 166 valence electrons. The van der Waals surface area contributed by atoms with Crippen LogP contribution < -0.4 is 5.32 Å². The van der Waals surface area contributed by atoms with Crippen LogP contribution in [0.2, 0.25) is 0 Å². The maximum atomic E-state index is 12.6. The average Bonchev–Trinajstić information content (AvgIpc) is 3.33. The Balaban J connectivity index is 1.48. The number of esters is 1. The van der Waals surface area contributed by atoms with Crippen molar-refractivity contribution >= 4 is 29.5 Å². The molecular formula is C23H28N2O5S. The third-order valence-electron chi connectivity index (χ3n) is 5.35. The lowest BCUT2D eigenvalue weighted by Gasteiger charge is -2.31. The smallest absolute Gasteiger partial charge is 0.339 e. The fourth-order valence-electron chi connectivity index (χ4n) is 3.53. The van der Waals surface area contributed by atoms with Gasteiger partial charge in [0.05, 0.1) is 24.1 Å². The van der Waals surface area contributed by atoms with E-state index in [-0.39, 0.29) is 30.2 Å². The third kappa shape index (κ3) is 6.89. The zero-order valence-electron chi connectivity index (χ0n) is 17.7. The molecule has 31 heavy (non-hydrogen) atoms. The number of nitrogens with zero attached hydrogens (tertiary/aromatic N) is 1. The van der Waals surface area contributed by atoms with E-state index >= 15 is 0 Å². The summed E-state index contributed by atoms with van der Waals surface area (Å²) >= 11 is 1.25. The van der Waals surface area contributed by atoms with Gasteiger partial charge in [-0.05, 0) is 37.1 Å². The molecule has 0 atom stereocenters. The van der Waals surface area contributed by atoms with Gasteiger partial charge >= 0.3 is 5.97 Å². The molecule has 0 unspecified atom stereocenters. The summed E-state index contributed by atoms with van der Waals surface area (Å²) in [6, 6.07) is 10.7. The monoisotopic (exact) mass is 444 g/mol. The largest absolute Gasteiger partial charge is 0.467 e. The molecule has 1 saturated carbocycles. The Bertz CT molecular complexity index is 878. The van der Waals surface area contributed by atoms with E-state index in [1.165, 1.54) is 18.2 Å². The molecule has 2 aromatic rings. The minimum atomic E-state index is -0.565. The Morgan fingerprint density at radius 3 is 2.65 bits per heavy atom. The van der Waals surface area contributed by atoms with Crippen LogP contribution in [0.5, 0.6) is 0 Å². The number of amides is 2. The first-order valence-corrected chi connectivity index (χ1v) is 11.5. The molecule has 2 amide bonds. The van der Waals surface area contributed by atoms with Crippen molar-refractivity contribution in [2.24, 2.45) is 0 Å². The van der Waals surface area contributed by atoms with Gasteiger partial charge in [-0.1, -0.05) is 31.4 Å². The topological polar surface area (TPSA) is 88.8 Å². The molecule has 7 nitrogen and oxygen atoms in total. The van der Waals surface area contributed by atoms with Crippen molar-refractivity contribution in [2.45, 2.75) is 49.6 Å². The first-order chi connectivity index (χ1) is 15.0. The van der Waals surface area contributed by atoms with Gasteiger partial charge in [0.1, 0.15) is 5.76 Å². The first-order valence-electron chi connectivity index (χ1n) is 10.5. The highest BCUT2D eigenvalue weighted by molar-refractivity contribution is 8.00.